The minimum atomic E-state index is 0.246. The van der Waals surface area contributed by atoms with Crippen LogP contribution in [0.1, 0.15) is 76.2 Å². The quantitative estimate of drug-likeness (QED) is 0.675. The van der Waals surface area contributed by atoms with E-state index in [1.165, 1.54) is 37.7 Å². The maximum Gasteiger partial charge on any atom is 0.222 e. The molecule has 0 aromatic heterocycles. The zero-order valence-electron chi connectivity index (χ0n) is 18.4. The highest BCUT2D eigenvalue weighted by Gasteiger charge is 2.35. The molecule has 0 bridgehead atoms. The van der Waals surface area contributed by atoms with E-state index in [1.54, 1.807) is 0 Å². The molecule has 1 aromatic rings. The summed E-state index contributed by atoms with van der Waals surface area (Å²) in [5.74, 6) is 1.95. The molecule has 30 heavy (non-hydrogen) atoms. The van der Waals surface area contributed by atoms with E-state index < -0.39 is 0 Å². The molecule has 4 rings (SSSR count). The molecular weight excluding hydrogens is 372 g/mol. The molecule has 1 aliphatic carbocycles. The average molecular weight is 411 g/mol. The van der Waals surface area contributed by atoms with Crippen LogP contribution in [-0.4, -0.2) is 47.3 Å². The Morgan fingerprint density at radius 1 is 0.800 bits per heavy atom. The van der Waals surface area contributed by atoms with E-state index in [0.29, 0.717) is 37.1 Å². The maximum absolute atomic E-state index is 12.8. The summed E-state index contributed by atoms with van der Waals surface area (Å²) in [6.07, 6.45) is 12.6. The average Bonchev–Trinajstić information content (AvgIpc) is 2.79. The van der Waals surface area contributed by atoms with E-state index in [-0.39, 0.29) is 5.91 Å². The minimum Gasteiger partial charge on any atom is -0.343 e. The summed E-state index contributed by atoms with van der Waals surface area (Å²) >= 11 is 0. The number of hydrogen-bond acceptors (Lipinski definition) is 2. The lowest BCUT2D eigenvalue weighted by molar-refractivity contribution is -0.138. The van der Waals surface area contributed by atoms with Crippen molar-refractivity contribution >= 4 is 11.8 Å². The van der Waals surface area contributed by atoms with Crippen LogP contribution in [0.2, 0.25) is 0 Å². The van der Waals surface area contributed by atoms with Crippen LogP contribution in [0.5, 0.6) is 0 Å². The topological polar surface area (TPSA) is 40.6 Å². The first-order chi connectivity index (χ1) is 14.7. The van der Waals surface area contributed by atoms with Gasteiger partial charge in [-0.05, 0) is 68.8 Å². The molecule has 2 atom stereocenters. The lowest BCUT2D eigenvalue weighted by Gasteiger charge is -2.44. The van der Waals surface area contributed by atoms with Crippen molar-refractivity contribution in [3.8, 4) is 0 Å². The van der Waals surface area contributed by atoms with E-state index in [1.807, 2.05) is 4.90 Å². The third-order valence-corrected chi connectivity index (χ3v) is 7.68. The van der Waals surface area contributed by atoms with Crippen molar-refractivity contribution in [1.29, 1.82) is 0 Å². The van der Waals surface area contributed by atoms with Crippen molar-refractivity contribution in [3.63, 3.8) is 0 Å². The van der Waals surface area contributed by atoms with E-state index >= 15 is 0 Å². The highest BCUT2D eigenvalue weighted by molar-refractivity contribution is 5.79. The first-order valence-electron chi connectivity index (χ1n) is 12.3. The van der Waals surface area contributed by atoms with Gasteiger partial charge in [0.15, 0.2) is 0 Å². The second kappa shape index (κ2) is 10.5. The van der Waals surface area contributed by atoms with Crippen molar-refractivity contribution in [1.82, 2.24) is 9.80 Å². The Balaban J connectivity index is 1.16. The zero-order valence-corrected chi connectivity index (χ0v) is 18.4. The number of benzene rings is 1. The SMILES string of the molecule is O=C(CCCC(=O)N1CCCC2CCCCC21)N1CCC(Cc2ccccc2)CC1. The predicted octanol–water partition coefficient (Wildman–Crippen LogP) is 4.82. The van der Waals surface area contributed by atoms with Gasteiger partial charge in [-0.3, -0.25) is 9.59 Å². The summed E-state index contributed by atoms with van der Waals surface area (Å²) in [6.45, 7) is 2.68. The number of rotatable bonds is 6. The number of hydrogen-bond donors (Lipinski definition) is 0. The fraction of sp³-hybridized carbons (Fsp3) is 0.692. The fourth-order valence-electron chi connectivity index (χ4n) is 5.96. The number of piperidine rings is 2. The van der Waals surface area contributed by atoms with Crippen molar-refractivity contribution < 1.29 is 9.59 Å². The molecule has 1 aromatic carbocycles. The molecule has 2 saturated heterocycles. The number of nitrogens with zero attached hydrogens (tertiary/aromatic N) is 2. The lowest BCUT2D eigenvalue weighted by atomic mass is 9.78. The summed E-state index contributed by atoms with van der Waals surface area (Å²) in [5, 5.41) is 0. The Morgan fingerprint density at radius 2 is 1.50 bits per heavy atom. The molecule has 0 spiro atoms. The molecule has 2 aliphatic heterocycles. The van der Waals surface area contributed by atoms with Gasteiger partial charge in [0.25, 0.3) is 0 Å². The molecule has 3 fully saturated rings. The monoisotopic (exact) mass is 410 g/mol. The van der Waals surface area contributed by atoms with Crippen LogP contribution in [0.3, 0.4) is 0 Å². The second-order valence-corrected chi connectivity index (χ2v) is 9.71. The second-order valence-electron chi connectivity index (χ2n) is 9.71. The number of amides is 2. The Hall–Kier alpha value is -1.84. The molecule has 4 nitrogen and oxygen atoms in total. The summed E-state index contributed by atoms with van der Waals surface area (Å²) in [7, 11) is 0. The summed E-state index contributed by atoms with van der Waals surface area (Å²) in [4.78, 5) is 29.7. The number of carbonyl (C=O) groups excluding carboxylic acids is 2. The van der Waals surface area contributed by atoms with Crippen molar-refractivity contribution in [2.24, 2.45) is 11.8 Å². The van der Waals surface area contributed by atoms with Gasteiger partial charge in [0.05, 0.1) is 0 Å². The van der Waals surface area contributed by atoms with E-state index in [0.717, 1.165) is 51.2 Å². The lowest BCUT2D eigenvalue weighted by Crippen LogP contribution is -2.49. The number of fused-ring (bicyclic) bond motifs is 1. The van der Waals surface area contributed by atoms with Crippen LogP contribution in [0.25, 0.3) is 0 Å². The van der Waals surface area contributed by atoms with Gasteiger partial charge in [-0.25, -0.2) is 0 Å². The third-order valence-electron chi connectivity index (χ3n) is 7.68. The van der Waals surface area contributed by atoms with Gasteiger partial charge in [0.1, 0.15) is 0 Å². The van der Waals surface area contributed by atoms with Gasteiger partial charge in [0.2, 0.25) is 11.8 Å². The molecule has 4 heteroatoms. The molecular formula is C26H38N2O2. The first-order valence-corrected chi connectivity index (χ1v) is 12.3. The van der Waals surface area contributed by atoms with Crippen LogP contribution in [0.4, 0.5) is 0 Å². The first kappa shape index (κ1) is 21.4. The van der Waals surface area contributed by atoms with Crippen molar-refractivity contribution in [2.75, 3.05) is 19.6 Å². The molecule has 2 heterocycles. The molecule has 2 unspecified atom stereocenters. The van der Waals surface area contributed by atoms with Crippen LogP contribution in [0, 0.1) is 11.8 Å². The normalized spacial score (nSPS) is 25.1. The Morgan fingerprint density at radius 3 is 2.30 bits per heavy atom. The van der Waals surface area contributed by atoms with Crippen LogP contribution in [0.15, 0.2) is 30.3 Å². The molecule has 0 N–H and O–H groups in total. The molecule has 1 saturated carbocycles. The molecule has 0 radical (unpaired) electrons. The Kier molecular flexibility index (Phi) is 7.46. The van der Waals surface area contributed by atoms with E-state index in [2.05, 4.69) is 35.2 Å². The van der Waals surface area contributed by atoms with Gasteiger partial charge in [-0.1, -0.05) is 43.2 Å². The number of likely N-dealkylation sites (tertiary alicyclic amines) is 2. The third kappa shape index (κ3) is 5.44. The van der Waals surface area contributed by atoms with Crippen molar-refractivity contribution in [3.05, 3.63) is 35.9 Å². The van der Waals surface area contributed by atoms with Crippen LogP contribution >= 0.6 is 0 Å². The van der Waals surface area contributed by atoms with Crippen molar-refractivity contribution in [2.45, 2.75) is 83.1 Å². The van der Waals surface area contributed by atoms with Gasteiger partial charge < -0.3 is 9.80 Å². The van der Waals surface area contributed by atoms with Gasteiger partial charge in [-0.2, -0.15) is 0 Å². The van der Waals surface area contributed by atoms with Crippen LogP contribution in [-0.2, 0) is 16.0 Å². The predicted molar refractivity (Wildman–Crippen MR) is 120 cm³/mol. The Bertz CT molecular complexity index is 694. The standard InChI is InChI=1S/C26H38N2O2/c29-25(27-18-15-22(16-19-27)20-21-8-2-1-3-9-21)13-6-14-26(30)28-17-7-11-23-10-4-5-12-24(23)28/h1-3,8-9,22-24H,4-7,10-20H2. The fourth-order valence-corrected chi connectivity index (χ4v) is 5.96. The van der Waals surface area contributed by atoms with E-state index in [4.69, 9.17) is 0 Å². The van der Waals surface area contributed by atoms with Gasteiger partial charge in [-0.15, -0.1) is 0 Å². The maximum atomic E-state index is 12.8. The van der Waals surface area contributed by atoms with Crippen LogP contribution < -0.4 is 0 Å². The minimum absolute atomic E-state index is 0.246. The van der Waals surface area contributed by atoms with Gasteiger partial charge >= 0.3 is 0 Å². The largest absolute Gasteiger partial charge is 0.343 e. The summed E-state index contributed by atoms with van der Waals surface area (Å²) in [5.41, 5.74) is 1.40. The highest BCUT2D eigenvalue weighted by atomic mass is 16.2. The summed E-state index contributed by atoms with van der Waals surface area (Å²) < 4.78 is 0. The van der Waals surface area contributed by atoms with E-state index in [9.17, 15) is 9.59 Å². The molecule has 164 valence electrons. The zero-order chi connectivity index (χ0) is 20.8. The smallest absolute Gasteiger partial charge is 0.222 e. The Labute approximate surface area is 182 Å². The molecule has 2 amide bonds. The van der Waals surface area contributed by atoms with Gasteiger partial charge in [0, 0.05) is 38.5 Å². The number of carbonyl (C=O) groups is 2. The molecule has 3 aliphatic rings. The highest BCUT2D eigenvalue weighted by Crippen LogP contribution is 2.35. The summed E-state index contributed by atoms with van der Waals surface area (Å²) in [6, 6.07) is 11.2.